The smallest absolute Gasteiger partial charge is 0.118 e. The van der Waals surface area contributed by atoms with Gasteiger partial charge in [0.2, 0.25) is 0 Å². The van der Waals surface area contributed by atoms with Crippen molar-refractivity contribution in [3.63, 3.8) is 0 Å². The van der Waals surface area contributed by atoms with Gasteiger partial charge in [0.15, 0.2) is 0 Å². The Morgan fingerprint density at radius 1 is 1.31 bits per heavy atom. The Balaban J connectivity index is 0.00000144. The molecule has 0 radical (unpaired) electrons. The van der Waals surface area contributed by atoms with Gasteiger partial charge < -0.3 is 33.2 Å². The van der Waals surface area contributed by atoms with E-state index in [1.54, 1.807) is 0 Å². The summed E-state index contributed by atoms with van der Waals surface area (Å²) in [4.78, 5) is 0. The van der Waals surface area contributed by atoms with Crippen molar-refractivity contribution in [3.05, 3.63) is 0 Å². The van der Waals surface area contributed by atoms with Crippen LogP contribution in [-0.2, 0) is 4.74 Å². The highest BCUT2D eigenvalue weighted by atomic mass is 127. The second kappa shape index (κ2) is 5.51. The maximum atomic E-state index is 5.72. The minimum absolute atomic E-state index is 0. The lowest BCUT2D eigenvalue weighted by atomic mass is 10.4. The van der Waals surface area contributed by atoms with Crippen molar-refractivity contribution in [2.24, 2.45) is 0 Å². The minimum Gasteiger partial charge on any atom is -1.00 e. The Bertz CT molecular complexity index is 144. The van der Waals surface area contributed by atoms with E-state index in [0.29, 0.717) is 6.10 Å². The molecule has 1 rings (SSSR count). The Kier molecular flexibility index (Phi) is 5.79. The van der Waals surface area contributed by atoms with Crippen molar-refractivity contribution in [1.82, 2.24) is 0 Å². The molecule has 0 aromatic heterocycles. The van der Waals surface area contributed by atoms with Crippen LogP contribution in [0.5, 0.6) is 0 Å². The predicted molar refractivity (Wildman–Crippen MR) is 51.1 cm³/mol. The van der Waals surface area contributed by atoms with E-state index in [4.69, 9.17) is 4.74 Å². The zero-order valence-electron chi connectivity index (χ0n) is 9.22. The van der Waals surface area contributed by atoms with Gasteiger partial charge in [-0.05, 0) is 6.42 Å². The Labute approximate surface area is 99.2 Å². The molecule has 0 aromatic carbocycles. The fraction of sp³-hybridized carbons (Fsp3) is 1.00. The van der Waals surface area contributed by atoms with Gasteiger partial charge in [0.1, 0.15) is 12.1 Å². The number of rotatable bonds is 5. The molecule has 2 unspecified atom stereocenters. The lowest BCUT2D eigenvalue weighted by Crippen LogP contribution is -3.00. The molecular formula is C10H22INO. The van der Waals surface area contributed by atoms with Gasteiger partial charge in [-0.15, -0.1) is 0 Å². The summed E-state index contributed by atoms with van der Waals surface area (Å²) >= 11 is 0. The maximum Gasteiger partial charge on any atom is 0.118 e. The molecule has 1 fully saturated rings. The maximum absolute atomic E-state index is 5.72. The van der Waals surface area contributed by atoms with E-state index >= 15 is 0 Å². The van der Waals surface area contributed by atoms with Gasteiger partial charge in [0.25, 0.3) is 0 Å². The van der Waals surface area contributed by atoms with E-state index in [-0.39, 0.29) is 24.0 Å². The number of halogens is 1. The first-order valence-electron chi connectivity index (χ1n) is 4.98. The Hall–Kier alpha value is 0.650. The molecule has 0 bridgehead atoms. The van der Waals surface area contributed by atoms with Crippen molar-refractivity contribution >= 4 is 0 Å². The van der Waals surface area contributed by atoms with E-state index in [0.717, 1.165) is 17.1 Å². The number of hydrogen-bond donors (Lipinski definition) is 0. The lowest BCUT2D eigenvalue weighted by Gasteiger charge is -2.24. The molecule has 0 spiro atoms. The topological polar surface area (TPSA) is 9.23 Å². The van der Waals surface area contributed by atoms with Crippen molar-refractivity contribution in [2.75, 3.05) is 27.7 Å². The largest absolute Gasteiger partial charge is 1.00 e. The quantitative estimate of drug-likeness (QED) is 0.347. The highest BCUT2D eigenvalue weighted by Crippen LogP contribution is 2.33. The summed E-state index contributed by atoms with van der Waals surface area (Å²) in [6.45, 7) is 3.16. The average Bonchev–Trinajstić information content (AvgIpc) is 2.66. The zero-order valence-corrected chi connectivity index (χ0v) is 11.4. The van der Waals surface area contributed by atoms with Crippen LogP contribution in [0.3, 0.4) is 0 Å². The number of unbranched alkanes of at least 4 members (excludes halogenated alkanes) is 1. The molecule has 2 atom stereocenters. The van der Waals surface area contributed by atoms with Gasteiger partial charge in [0, 0.05) is 13.0 Å². The van der Waals surface area contributed by atoms with Gasteiger partial charge >= 0.3 is 0 Å². The highest BCUT2D eigenvalue weighted by Gasteiger charge is 2.48. The molecule has 80 valence electrons. The van der Waals surface area contributed by atoms with Crippen LogP contribution in [0.1, 0.15) is 26.2 Å². The molecule has 0 heterocycles. The van der Waals surface area contributed by atoms with Crippen LogP contribution in [0.4, 0.5) is 0 Å². The summed E-state index contributed by atoms with van der Waals surface area (Å²) in [5.74, 6) is 0. The van der Waals surface area contributed by atoms with Crippen molar-refractivity contribution < 1.29 is 33.2 Å². The van der Waals surface area contributed by atoms with Gasteiger partial charge in [-0.2, -0.15) is 0 Å². The van der Waals surface area contributed by atoms with Crippen molar-refractivity contribution in [3.8, 4) is 0 Å². The van der Waals surface area contributed by atoms with Crippen LogP contribution in [0.2, 0.25) is 0 Å². The summed E-state index contributed by atoms with van der Waals surface area (Å²) in [7, 11) is 6.73. The van der Waals surface area contributed by atoms with Gasteiger partial charge in [-0.1, -0.05) is 13.3 Å². The number of quaternary nitrogens is 1. The highest BCUT2D eigenvalue weighted by molar-refractivity contribution is 4.89. The number of nitrogens with zero attached hydrogens (tertiary/aromatic N) is 1. The molecule has 0 saturated heterocycles. The van der Waals surface area contributed by atoms with Crippen LogP contribution in [0.15, 0.2) is 0 Å². The van der Waals surface area contributed by atoms with Gasteiger partial charge in [-0.25, -0.2) is 0 Å². The first kappa shape index (κ1) is 13.7. The predicted octanol–water partition coefficient (Wildman–Crippen LogP) is -1.35. The summed E-state index contributed by atoms with van der Waals surface area (Å²) in [5, 5.41) is 0. The van der Waals surface area contributed by atoms with Crippen molar-refractivity contribution in [2.45, 2.75) is 38.3 Å². The molecule has 1 aliphatic carbocycles. The van der Waals surface area contributed by atoms with Crippen LogP contribution in [-0.4, -0.2) is 44.4 Å². The fourth-order valence-electron chi connectivity index (χ4n) is 1.53. The van der Waals surface area contributed by atoms with E-state index in [1.165, 1.54) is 19.3 Å². The molecule has 1 saturated carbocycles. The number of ether oxygens (including phenoxy) is 1. The van der Waals surface area contributed by atoms with Gasteiger partial charge in [0.05, 0.1) is 21.1 Å². The molecule has 0 N–H and O–H groups in total. The Morgan fingerprint density at radius 2 is 1.92 bits per heavy atom. The zero-order chi connectivity index (χ0) is 9.19. The van der Waals surface area contributed by atoms with Gasteiger partial charge in [-0.3, -0.25) is 0 Å². The summed E-state index contributed by atoms with van der Waals surface area (Å²) in [6.07, 6.45) is 4.26. The Morgan fingerprint density at radius 3 is 2.31 bits per heavy atom. The second-order valence-electron chi connectivity index (χ2n) is 4.68. The first-order valence-corrected chi connectivity index (χ1v) is 4.98. The summed E-state index contributed by atoms with van der Waals surface area (Å²) < 4.78 is 6.77. The molecular weight excluding hydrogens is 277 g/mol. The van der Waals surface area contributed by atoms with Crippen molar-refractivity contribution in [1.29, 1.82) is 0 Å². The first-order chi connectivity index (χ1) is 5.55. The van der Waals surface area contributed by atoms with Crippen LogP contribution in [0.25, 0.3) is 0 Å². The normalized spacial score (nSPS) is 26.8. The third-order valence-corrected chi connectivity index (χ3v) is 2.52. The van der Waals surface area contributed by atoms with Crippen LogP contribution >= 0.6 is 0 Å². The van der Waals surface area contributed by atoms with E-state index in [2.05, 4.69) is 28.1 Å². The van der Waals surface area contributed by atoms with Crippen LogP contribution in [0, 0.1) is 0 Å². The summed E-state index contributed by atoms with van der Waals surface area (Å²) in [5.41, 5.74) is 0. The summed E-state index contributed by atoms with van der Waals surface area (Å²) in [6, 6.07) is 0.752. The third kappa shape index (κ3) is 4.61. The molecule has 13 heavy (non-hydrogen) atoms. The molecule has 2 nitrogen and oxygen atoms in total. The third-order valence-electron chi connectivity index (χ3n) is 2.52. The molecule has 3 heteroatoms. The second-order valence-corrected chi connectivity index (χ2v) is 4.68. The average molecular weight is 299 g/mol. The molecule has 0 amide bonds. The molecule has 0 aliphatic heterocycles. The van der Waals surface area contributed by atoms with E-state index in [9.17, 15) is 0 Å². The SMILES string of the molecule is CCCCOC1CC1[N+](C)(C)C.[I-]. The monoisotopic (exact) mass is 299 g/mol. The van der Waals surface area contributed by atoms with E-state index in [1.807, 2.05) is 0 Å². The molecule has 0 aromatic rings. The minimum atomic E-state index is 0. The molecule has 1 aliphatic rings. The van der Waals surface area contributed by atoms with E-state index < -0.39 is 0 Å². The fourth-order valence-corrected chi connectivity index (χ4v) is 1.53. The number of hydrogen-bond acceptors (Lipinski definition) is 1. The number of likely N-dealkylation sites (N-methyl/N-ethyl adjacent to an activating group) is 1. The standard InChI is InChI=1S/C10H22NO.HI/c1-5-6-7-12-10-8-9(10)11(2,3)4;/h9-10H,5-8H2,1-4H3;1H/q+1;/p-1. The van der Waals surface area contributed by atoms with Crippen LogP contribution < -0.4 is 24.0 Å². The lowest BCUT2D eigenvalue weighted by molar-refractivity contribution is -0.883.